The first-order valence-electron chi connectivity index (χ1n) is 11.7. The van der Waals surface area contributed by atoms with E-state index in [0.29, 0.717) is 59.3 Å². The minimum Gasteiger partial charge on any atom is -0.341 e. The van der Waals surface area contributed by atoms with Crippen molar-refractivity contribution in [2.45, 2.75) is 37.1 Å². The summed E-state index contributed by atoms with van der Waals surface area (Å²) in [6, 6.07) is 11.7. The molecule has 2 aliphatic rings. The van der Waals surface area contributed by atoms with Gasteiger partial charge in [0.15, 0.2) is 11.6 Å². The summed E-state index contributed by atoms with van der Waals surface area (Å²) >= 11 is 6.24. The van der Waals surface area contributed by atoms with Gasteiger partial charge in [-0.25, -0.2) is 13.8 Å². The number of fused-ring (bicyclic) bond motifs is 1. The lowest BCUT2D eigenvalue weighted by Crippen LogP contribution is -2.48. The molecule has 7 nitrogen and oxygen atoms in total. The number of hydrogen-bond donors (Lipinski definition) is 3. The lowest BCUT2D eigenvalue weighted by Gasteiger charge is -2.39. The Balaban J connectivity index is 1.30. The Kier molecular flexibility index (Phi) is 5.34. The molecule has 4 N–H and O–H groups in total. The Morgan fingerprint density at radius 1 is 1.03 bits per heavy atom. The third kappa shape index (κ3) is 4.19. The van der Waals surface area contributed by atoms with E-state index in [0.717, 1.165) is 18.4 Å². The highest BCUT2D eigenvalue weighted by atomic mass is 35.5. The molecule has 0 amide bonds. The highest BCUT2D eigenvalue weighted by Gasteiger charge is 2.34. The Morgan fingerprint density at radius 2 is 1.77 bits per heavy atom. The summed E-state index contributed by atoms with van der Waals surface area (Å²) in [5, 5.41) is 11.2. The zero-order valence-electron chi connectivity index (χ0n) is 18.9. The predicted octanol–water partition coefficient (Wildman–Crippen LogP) is 5.36. The average Bonchev–Trinajstić information content (AvgIpc) is 3.63. The number of nitrogens with two attached hydrogens (primary N) is 1. The molecule has 2 fully saturated rings. The number of halogens is 3. The van der Waals surface area contributed by atoms with E-state index in [1.165, 1.54) is 12.1 Å². The molecule has 2 aromatic carbocycles. The number of anilines is 3. The van der Waals surface area contributed by atoms with Crippen molar-refractivity contribution in [3.8, 4) is 0 Å². The first-order valence-corrected chi connectivity index (χ1v) is 12.1. The highest BCUT2D eigenvalue weighted by Crippen LogP contribution is 2.42. The molecular weight excluding hydrogens is 472 g/mol. The van der Waals surface area contributed by atoms with Gasteiger partial charge in [-0.2, -0.15) is 10.1 Å². The minimum atomic E-state index is -0.549. The highest BCUT2D eigenvalue weighted by molar-refractivity contribution is 6.31. The number of H-pyrrole nitrogens is 1. The van der Waals surface area contributed by atoms with E-state index in [1.54, 1.807) is 24.3 Å². The van der Waals surface area contributed by atoms with Crippen LogP contribution in [0.1, 0.15) is 42.9 Å². The summed E-state index contributed by atoms with van der Waals surface area (Å²) in [5.41, 5.74) is 8.26. The van der Waals surface area contributed by atoms with E-state index in [9.17, 15) is 8.78 Å². The molecule has 10 heteroatoms. The second-order valence-electron chi connectivity index (χ2n) is 9.38. The van der Waals surface area contributed by atoms with E-state index >= 15 is 0 Å². The van der Waals surface area contributed by atoms with E-state index < -0.39 is 5.54 Å². The number of aromatic amines is 1. The van der Waals surface area contributed by atoms with Gasteiger partial charge in [0.25, 0.3) is 0 Å². The zero-order valence-corrected chi connectivity index (χ0v) is 19.6. The van der Waals surface area contributed by atoms with Crippen molar-refractivity contribution in [2.75, 3.05) is 23.3 Å². The molecule has 2 aromatic heterocycles. The van der Waals surface area contributed by atoms with Crippen LogP contribution >= 0.6 is 11.6 Å². The lowest BCUT2D eigenvalue weighted by atomic mass is 9.82. The first kappa shape index (κ1) is 22.2. The van der Waals surface area contributed by atoms with Gasteiger partial charge in [0, 0.05) is 35.0 Å². The van der Waals surface area contributed by atoms with Crippen molar-refractivity contribution < 1.29 is 8.78 Å². The van der Waals surface area contributed by atoms with Crippen LogP contribution in [-0.2, 0) is 5.54 Å². The van der Waals surface area contributed by atoms with Crippen molar-refractivity contribution in [1.29, 1.82) is 0 Å². The third-order valence-electron chi connectivity index (χ3n) is 6.96. The molecule has 1 saturated carbocycles. The van der Waals surface area contributed by atoms with Crippen LogP contribution in [0.5, 0.6) is 0 Å². The number of piperidine rings is 1. The number of benzene rings is 2. The van der Waals surface area contributed by atoms with Crippen LogP contribution in [0.3, 0.4) is 0 Å². The van der Waals surface area contributed by atoms with Crippen molar-refractivity contribution in [3.05, 3.63) is 70.4 Å². The van der Waals surface area contributed by atoms with Crippen molar-refractivity contribution >= 4 is 40.1 Å². The van der Waals surface area contributed by atoms with E-state index in [-0.39, 0.29) is 23.4 Å². The Morgan fingerprint density at radius 3 is 2.49 bits per heavy atom. The molecule has 1 aliphatic carbocycles. The molecule has 1 aliphatic heterocycles. The maximum absolute atomic E-state index is 14.9. The zero-order chi connectivity index (χ0) is 24.2. The van der Waals surface area contributed by atoms with E-state index in [2.05, 4.69) is 20.4 Å². The van der Waals surface area contributed by atoms with Crippen molar-refractivity contribution in [2.24, 2.45) is 5.73 Å². The van der Waals surface area contributed by atoms with Gasteiger partial charge in [-0.15, -0.1) is 0 Å². The van der Waals surface area contributed by atoms with E-state index in [1.807, 2.05) is 6.07 Å². The van der Waals surface area contributed by atoms with Gasteiger partial charge < -0.3 is 16.0 Å². The Labute approximate surface area is 205 Å². The fourth-order valence-corrected chi connectivity index (χ4v) is 4.85. The second-order valence-corrected chi connectivity index (χ2v) is 9.82. The summed E-state index contributed by atoms with van der Waals surface area (Å²) in [6.07, 6.45) is 3.23. The van der Waals surface area contributed by atoms with Gasteiger partial charge in [0.05, 0.1) is 11.2 Å². The summed E-state index contributed by atoms with van der Waals surface area (Å²) < 4.78 is 28.3. The SMILES string of the molecule is NC1(c2ccc(F)cc2)CCN(c2nc(Nc3n[nH]c(C4CC4)c3F)c3cc(Cl)ccc3n2)CC1. The molecule has 180 valence electrons. The Bertz CT molecular complexity index is 1390. The minimum absolute atomic E-state index is 0.105. The Hall–Kier alpha value is -3.30. The van der Waals surface area contributed by atoms with E-state index in [4.69, 9.17) is 27.3 Å². The fourth-order valence-electron chi connectivity index (χ4n) is 4.68. The molecule has 0 bridgehead atoms. The first-order chi connectivity index (χ1) is 16.9. The number of rotatable bonds is 5. The van der Waals surface area contributed by atoms with Gasteiger partial charge >= 0.3 is 0 Å². The van der Waals surface area contributed by atoms with Crippen LogP contribution in [0.25, 0.3) is 10.9 Å². The molecule has 0 spiro atoms. The largest absolute Gasteiger partial charge is 0.341 e. The van der Waals surface area contributed by atoms with Gasteiger partial charge in [-0.1, -0.05) is 23.7 Å². The van der Waals surface area contributed by atoms with Crippen molar-refractivity contribution in [1.82, 2.24) is 20.2 Å². The molecule has 1 saturated heterocycles. The van der Waals surface area contributed by atoms with Gasteiger partial charge in [-0.3, -0.25) is 5.10 Å². The topological polar surface area (TPSA) is 95.7 Å². The number of nitrogens with zero attached hydrogens (tertiary/aromatic N) is 4. The smallest absolute Gasteiger partial charge is 0.227 e. The number of aromatic nitrogens is 4. The van der Waals surface area contributed by atoms with Gasteiger partial charge in [0.1, 0.15) is 11.6 Å². The summed E-state index contributed by atoms with van der Waals surface area (Å²) in [7, 11) is 0. The standard InChI is InChI=1S/C25H24ClF2N7/c26-16-5-8-19-18(13-16)22(31-23-20(28)21(33-34-23)14-1-2-14)32-24(30-19)35-11-9-25(29,10-12-35)15-3-6-17(27)7-4-15/h3-8,13-14H,1-2,9-12,29H2,(H2,30,31,32,33,34). The van der Waals surface area contributed by atoms with Crippen LogP contribution < -0.4 is 16.0 Å². The molecular formula is C25H24ClF2N7. The third-order valence-corrected chi connectivity index (χ3v) is 7.19. The molecule has 4 aromatic rings. The summed E-state index contributed by atoms with van der Waals surface area (Å²) in [4.78, 5) is 11.5. The maximum atomic E-state index is 14.9. The quantitative estimate of drug-likeness (QED) is 0.345. The van der Waals surface area contributed by atoms with Crippen LogP contribution in [0.4, 0.5) is 26.4 Å². The summed E-state index contributed by atoms with van der Waals surface area (Å²) in [5.74, 6) is 0.597. The molecule has 0 radical (unpaired) electrons. The fraction of sp³-hybridized carbons (Fsp3) is 0.320. The lowest BCUT2D eigenvalue weighted by molar-refractivity contribution is 0.340. The maximum Gasteiger partial charge on any atom is 0.227 e. The van der Waals surface area contributed by atoms with Gasteiger partial charge in [-0.05, 0) is 61.6 Å². The molecule has 0 unspecified atom stereocenters. The molecule has 0 atom stereocenters. The van der Waals surface area contributed by atoms with Crippen LogP contribution in [0, 0.1) is 11.6 Å². The van der Waals surface area contributed by atoms with Crippen LogP contribution in [-0.4, -0.2) is 33.3 Å². The normalized spacial score (nSPS) is 17.7. The van der Waals surface area contributed by atoms with Crippen LogP contribution in [0.15, 0.2) is 42.5 Å². The molecule has 35 heavy (non-hydrogen) atoms. The number of nitrogens with one attached hydrogen (secondary N) is 2. The second kappa shape index (κ2) is 8.42. The molecule has 3 heterocycles. The molecule has 6 rings (SSSR count). The number of hydrogen-bond acceptors (Lipinski definition) is 6. The monoisotopic (exact) mass is 495 g/mol. The predicted molar refractivity (Wildman–Crippen MR) is 132 cm³/mol. The van der Waals surface area contributed by atoms with Gasteiger partial charge in [0.2, 0.25) is 5.95 Å². The average molecular weight is 496 g/mol. The van der Waals surface area contributed by atoms with Crippen LogP contribution in [0.2, 0.25) is 5.02 Å². The van der Waals surface area contributed by atoms with Crippen molar-refractivity contribution in [3.63, 3.8) is 0 Å². The summed E-state index contributed by atoms with van der Waals surface area (Å²) in [6.45, 7) is 1.24.